The molecule has 182 valence electrons. The number of para-hydroxylation sites is 1. The lowest BCUT2D eigenvalue weighted by molar-refractivity contribution is -0.132. The molecule has 1 unspecified atom stereocenters. The molecule has 0 radical (unpaired) electrons. The van der Waals surface area contributed by atoms with Crippen LogP contribution in [0.1, 0.15) is 24.1 Å². The Hall–Kier alpha value is -3.88. The van der Waals surface area contributed by atoms with Gasteiger partial charge in [-0.05, 0) is 55.5 Å². The normalized spacial score (nSPS) is 17.1. The van der Waals surface area contributed by atoms with Crippen molar-refractivity contribution < 1.29 is 24.2 Å². The molecule has 1 atom stereocenters. The molecule has 1 fully saturated rings. The van der Waals surface area contributed by atoms with Gasteiger partial charge in [0.25, 0.3) is 5.78 Å². The lowest BCUT2D eigenvalue weighted by Crippen LogP contribution is -2.29. The second-order valence-corrected chi connectivity index (χ2v) is 9.42. The fourth-order valence-corrected chi connectivity index (χ4v) is 5.38. The smallest absolute Gasteiger partial charge is 0.301 e. The van der Waals surface area contributed by atoms with E-state index < -0.39 is 17.7 Å². The van der Waals surface area contributed by atoms with Gasteiger partial charge in [0, 0.05) is 16.1 Å². The van der Waals surface area contributed by atoms with Crippen LogP contribution in [0.4, 0.5) is 5.13 Å². The van der Waals surface area contributed by atoms with Crippen molar-refractivity contribution in [2.45, 2.75) is 13.0 Å². The van der Waals surface area contributed by atoms with Crippen molar-refractivity contribution in [2.75, 3.05) is 18.6 Å². The van der Waals surface area contributed by atoms with E-state index in [1.807, 2.05) is 25.1 Å². The molecule has 0 saturated carbocycles. The summed E-state index contributed by atoms with van der Waals surface area (Å²) < 4.78 is 12.0. The van der Waals surface area contributed by atoms with Crippen molar-refractivity contribution in [3.05, 3.63) is 88.5 Å². The maximum atomic E-state index is 13.4. The average molecular weight is 521 g/mol. The van der Waals surface area contributed by atoms with Crippen molar-refractivity contribution >= 4 is 55.7 Å². The molecule has 1 amide bonds. The van der Waals surface area contributed by atoms with E-state index in [-0.39, 0.29) is 11.3 Å². The summed E-state index contributed by atoms with van der Waals surface area (Å²) in [6.07, 6.45) is 0. The first-order valence-electron chi connectivity index (χ1n) is 11.2. The fourth-order valence-electron chi connectivity index (χ4n) is 4.23. The van der Waals surface area contributed by atoms with E-state index in [4.69, 9.17) is 21.1 Å². The first-order valence-corrected chi connectivity index (χ1v) is 12.4. The molecule has 7 nitrogen and oxygen atoms in total. The molecule has 1 aliphatic heterocycles. The van der Waals surface area contributed by atoms with Crippen LogP contribution in [0.2, 0.25) is 5.02 Å². The monoisotopic (exact) mass is 520 g/mol. The number of methoxy groups -OCH3 is 1. The molecule has 2 heterocycles. The summed E-state index contributed by atoms with van der Waals surface area (Å²) in [6, 6.07) is 18.0. The van der Waals surface area contributed by atoms with Gasteiger partial charge in [0.1, 0.15) is 23.3 Å². The summed E-state index contributed by atoms with van der Waals surface area (Å²) in [7, 11) is 1.51. The molecule has 1 aromatic heterocycles. The quantitative estimate of drug-likeness (QED) is 0.191. The minimum atomic E-state index is -0.955. The van der Waals surface area contributed by atoms with E-state index in [1.54, 1.807) is 48.5 Å². The highest BCUT2D eigenvalue weighted by molar-refractivity contribution is 7.22. The van der Waals surface area contributed by atoms with Crippen molar-refractivity contribution in [1.29, 1.82) is 0 Å². The van der Waals surface area contributed by atoms with E-state index >= 15 is 0 Å². The number of Topliss-reactive ketones (excluding diaryl/α,β-unsaturated/α-hetero) is 1. The number of hydrogen-bond acceptors (Lipinski definition) is 7. The van der Waals surface area contributed by atoms with E-state index in [0.717, 1.165) is 4.70 Å². The highest BCUT2D eigenvalue weighted by Crippen LogP contribution is 2.46. The van der Waals surface area contributed by atoms with Crippen LogP contribution in [0.25, 0.3) is 16.0 Å². The molecule has 36 heavy (non-hydrogen) atoms. The number of aromatic nitrogens is 1. The second kappa shape index (κ2) is 9.64. The number of ether oxygens (including phenoxy) is 2. The Balaban J connectivity index is 1.72. The predicted octanol–water partition coefficient (Wildman–Crippen LogP) is 5.98. The number of nitrogens with zero attached hydrogens (tertiary/aromatic N) is 2. The van der Waals surface area contributed by atoms with Gasteiger partial charge in [0.15, 0.2) is 5.13 Å². The average Bonchev–Trinajstić information content (AvgIpc) is 3.42. The van der Waals surface area contributed by atoms with Gasteiger partial charge in [-0.1, -0.05) is 41.1 Å². The number of anilines is 1. The number of amides is 1. The zero-order valence-corrected chi connectivity index (χ0v) is 21.0. The van der Waals surface area contributed by atoms with Crippen molar-refractivity contribution in [3.8, 4) is 11.5 Å². The number of ketones is 1. The lowest BCUT2D eigenvalue weighted by atomic mass is 9.95. The summed E-state index contributed by atoms with van der Waals surface area (Å²) in [5.74, 6) is -0.747. The molecule has 1 saturated heterocycles. The van der Waals surface area contributed by atoms with E-state index in [2.05, 4.69) is 4.98 Å². The number of thiazole rings is 1. The van der Waals surface area contributed by atoms with Gasteiger partial charge in [0.05, 0.1) is 29.5 Å². The highest BCUT2D eigenvalue weighted by atomic mass is 35.5. The maximum absolute atomic E-state index is 13.4. The first-order chi connectivity index (χ1) is 17.4. The Morgan fingerprint density at radius 2 is 1.86 bits per heavy atom. The zero-order valence-electron chi connectivity index (χ0n) is 19.4. The number of aliphatic hydroxyl groups is 1. The Kier molecular flexibility index (Phi) is 6.38. The van der Waals surface area contributed by atoms with E-state index in [9.17, 15) is 14.7 Å². The summed E-state index contributed by atoms with van der Waals surface area (Å²) in [5.41, 5.74) is 1.52. The first kappa shape index (κ1) is 23.8. The van der Waals surface area contributed by atoms with Gasteiger partial charge in [-0.25, -0.2) is 4.98 Å². The van der Waals surface area contributed by atoms with Crippen LogP contribution in [-0.2, 0) is 9.59 Å². The molecule has 0 bridgehead atoms. The third kappa shape index (κ3) is 4.08. The summed E-state index contributed by atoms with van der Waals surface area (Å²) >= 11 is 7.27. The number of benzene rings is 3. The number of hydrogen-bond donors (Lipinski definition) is 1. The number of aliphatic hydroxyl groups excluding tert-OH is 1. The molecule has 5 rings (SSSR count). The van der Waals surface area contributed by atoms with Crippen LogP contribution in [0.5, 0.6) is 11.5 Å². The topological polar surface area (TPSA) is 89.0 Å². The molecule has 1 N–H and O–H groups in total. The Morgan fingerprint density at radius 1 is 1.11 bits per heavy atom. The summed E-state index contributed by atoms with van der Waals surface area (Å²) in [5, 5.41) is 12.1. The third-order valence-electron chi connectivity index (χ3n) is 5.86. The predicted molar refractivity (Wildman–Crippen MR) is 140 cm³/mol. The van der Waals surface area contributed by atoms with Gasteiger partial charge in [0.2, 0.25) is 0 Å². The molecule has 3 aromatic carbocycles. The fraction of sp³-hybridized carbons (Fsp3) is 0.148. The number of rotatable bonds is 6. The van der Waals surface area contributed by atoms with Gasteiger partial charge >= 0.3 is 5.91 Å². The number of halogens is 1. The standard InChI is InChI=1S/C27H21ClN2O5S/c1-3-35-17-12-13-19-21(14-17)36-27(29-19)30-23(18-6-4-5-7-20(18)34-2)22(25(32)26(30)33)24(31)15-8-10-16(28)11-9-15/h4-14,23,31H,3H2,1-2H3. The van der Waals surface area contributed by atoms with E-state index in [0.29, 0.717) is 44.9 Å². The number of fused-ring (bicyclic) bond motifs is 1. The van der Waals surface area contributed by atoms with Crippen LogP contribution in [-0.4, -0.2) is 35.5 Å². The van der Waals surface area contributed by atoms with Crippen LogP contribution in [0.3, 0.4) is 0 Å². The van der Waals surface area contributed by atoms with Crippen molar-refractivity contribution in [3.63, 3.8) is 0 Å². The Bertz CT molecular complexity index is 1510. The maximum Gasteiger partial charge on any atom is 0.301 e. The SMILES string of the molecule is CCOc1ccc2nc(N3C(=O)C(=O)C(=C(O)c4ccc(Cl)cc4)C3c3ccccc3OC)sc2c1. The second-order valence-electron chi connectivity index (χ2n) is 7.98. The third-order valence-corrected chi connectivity index (χ3v) is 7.13. The minimum absolute atomic E-state index is 0.0546. The molecule has 9 heteroatoms. The number of carbonyl (C=O) groups is 2. The van der Waals surface area contributed by atoms with Crippen molar-refractivity contribution in [2.24, 2.45) is 0 Å². The minimum Gasteiger partial charge on any atom is -0.507 e. The molecular formula is C27H21ClN2O5S. The van der Waals surface area contributed by atoms with Crippen molar-refractivity contribution in [1.82, 2.24) is 4.98 Å². The van der Waals surface area contributed by atoms with Crippen LogP contribution in [0, 0.1) is 0 Å². The zero-order chi connectivity index (χ0) is 25.4. The molecular weight excluding hydrogens is 500 g/mol. The lowest BCUT2D eigenvalue weighted by Gasteiger charge is -2.24. The summed E-state index contributed by atoms with van der Waals surface area (Å²) in [6.45, 7) is 2.42. The Morgan fingerprint density at radius 3 is 2.58 bits per heavy atom. The van der Waals surface area contributed by atoms with Gasteiger partial charge in [-0.3, -0.25) is 14.5 Å². The largest absolute Gasteiger partial charge is 0.507 e. The molecule has 4 aromatic rings. The Labute approximate surface area is 216 Å². The van der Waals surface area contributed by atoms with Gasteiger partial charge in [-0.2, -0.15) is 0 Å². The van der Waals surface area contributed by atoms with Gasteiger partial charge in [-0.15, -0.1) is 0 Å². The molecule has 0 spiro atoms. The summed E-state index contributed by atoms with van der Waals surface area (Å²) in [4.78, 5) is 32.8. The number of carbonyl (C=O) groups excluding carboxylic acids is 2. The van der Waals surface area contributed by atoms with Crippen LogP contribution in [0.15, 0.2) is 72.3 Å². The highest BCUT2D eigenvalue weighted by Gasteiger charge is 2.49. The van der Waals surface area contributed by atoms with E-state index in [1.165, 1.54) is 23.3 Å². The van der Waals surface area contributed by atoms with Crippen LogP contribution < -0.4 is 14.4 Å². The van der Waals surface area contributed by atoms with Crippen LogP contribution >= 0.6 is 22.9 Å². The molecule has 1 aliphatic rings. The molecule has 0 aliphatic carbocycles. The van der Waals surface area contributed by atoms with Gasteiger partial charge < -0.3 is 14.6 Å².